The van der Waals surface area contributed by atoms with Crippen LogP contribution in [0.4, 0.5) is 0 Å². The number of nitrogens with zero attached hydrogens (tertiary/aromatic N) is 3. The summed E-state index contributed by atoms with van der Waals surface area (Å²) in [5, 5.41) is 0. The van der Waals surface area contributed by atoms with Crippen molar-refractivity contribution in [2.45, 2.75) is 0 Å². The van der Waals surface area contributed by atoms with E-state index >= 15 is 0 Å². The lowest BCUT2D eigenvalue weighted by Gasteiger charge is -2.05. The quantitative estimate of drug-likeness (QED) is 0.386. The molecule has 1 aliphatic carbocycles. The van der Waals surface area contributed by atoms with Crippen molar-refractivity contribution in [2.75, 3.05) is 0 Å². The second-order valence-corrected chi connectivity index (χ2v) is 6.63. The Bertz CT molecular complexity index is 1380. The normalized spacial score (nSPS) is 10.9. The van der Waals surface area contributed by atoms with Crippen LogP contribution in [-0.4, -0.2) is 19.9 Å². The van der Waals surface area contributed by atoms with Crippen molar-refractivity contribution >= 4 is 33.1 Å². The van der Waals surface area contributed by atoms with Gasteiger partial charge in [0.15, 0.2) is 5.43 Å². The average Bonchev–Trinajstić information content (AvgIpc) is 2.76. The van der Waals surface area contributed by atoms with Crippen LogP contribution in [0.3, 0.4) is 0 Å². The van der Waals surface area contributed by atoms with Gasteiger partial charge in [0, 0.05) is 6.07 Å². The molecule has 2 aliphatic rings. The van der Waals surface area contributed by atoms with Crippen molar-refractivity contribution in [1.82, 2.24) is 19.9 Å². The molecule has 1 aromatic heterocycles. The number of H-pyrrole nitrogens is 1. The highest BCUT2D eigenvalue weighted by molar-refractivity contribution is 5.85. The van der Waals surface area contributed by atoms with E-state index in [1.54, 1.807) is 12.1 Å². The molecule has 0 spiro atoms. The molecule has 6 rings (SSSR count). The number of benzene rings is 4. The molecular weight excluding hydrogens is 360 g/mol. The van der Waals surface area contributed by atoms with E-state index in [4.69, 9.17) is 0 Å². The van der Waals surface area contributed by atoms with Gasteiger partial charge in [0.1, 0.15) is 0 Å². The summed E-state index contributed by atoms with van der Waals surface area (Å²) in [6, 6.07) is 28.4. The Morgan fingerprint density at radius 3 is 1.66 bits per heavy atom. The molecule has 0 radical (unpaired) electrons. The highest BCUT2D eigenvalue weighted by atomic mass is 16.1. The summed E-state index contributed by atoms with van der Waals surface area (Å²) in [6.07, 6.45) is 0. The number of aromatic nitrogens is 4. The molecule has 1 aliphatic heterocycles. The number of rotatable bonds is 0. The summed E-state index contributed by atoms with van der Waals surface area (Å²) >= 11 is 0. The molecule has 0 atom stereocenters. The third-order valence-corrected chi connectivity index (χ3v) is 4.63. The lowest BCUT2D eigenvalue weighted by atomic mass is 10.2. The molecule has 3 aromatic carbocycles. The van der Waals surface area contributed by atoms with Crippen molar-refractivity contribution in [3.05, 3.63) is 101 Å². The first kappa shape index (κ1) is 17.0. The van der Waals surface area contributed by atoms with Gasteiger partial charge in [-0.05, 0) is 48.5 Å². The first-order chi connectivity index (χ1) is 14.3. The monoisotopic (exact) mass is 376 g/mol. The van der Waals surface area contributed by atoms with Gasteiger partial charge >= 0.3 is 0 Å². The van der Waals surface area contributed by atoms with E-state index < -0.39 is 0 Å². The first-order valence-electron chi connectivity index (χ1n) is 9.27. The Morgan fingerprint density at radius 2 is 1.07 bits per heavy atom. The maximum atomic E-state index is 11.2. The van der Waals surface area contributed by atoms with Crippen LogP contribution in [0, 0.1) is 0 Å². The third kappa shape index (κ3) is 3.41. The molecule has 0 saturated heterocycles. The van der Waals surface area contributed by atoms with Gasteiger partial charge in [-0.1, -0.05) is 36.4 Å². The Morgan fingerprint density at radius 1 is 0.552 bits per heavy atom. The second kappa shape index (κ2) is 7.13. The van der Waals surface area contributed by atoms with Crippen molar-refractivity contribution < 1.29 is 0 Å². The van der Waals surface area contributed by atoms with Gasteiger partial charge in [-0.25, -0.2) is 15.0 Å². The Kier molecular flexibility index (Phi) is 4.18. The predicted molar refractivity (Wildman–Crippen MR) is 116 cm³/mol. The summed E-state index contributed by atoms with van der Waals surface area (Å²) in [5.41, 5.74) is 7.24. The van der Waals surface area contributed by atoms with Crippen molar-refractivity contribution in [1.29, 1.82) is 0 Å². The van der Waals surface area contributed by atoms with Crippen LogP contribution in [0.25, 0.3) is 44.5 Å². The molecule has 0 unspecified atom stereocenters. The van der Waals surface area contributed by atoms with Crippen LogP contribution in [0.5, 0.6) is 0 Å². The highest BCUT2D eigenvalue weighted by Gasteiger charge is 2.05. The largest absolute Gasteiger partial charge is 0.352 e. The fourth-order valence-corrected chi connectivity index (χ4v) is 3.23. The minimum absolute atomic E-state index is 0.00386. The fraction of sp³-hybridized carbons (Fsp3) is 0. The van der Waals surface area contributed by atoms with Gasteiger partial charge in [-0.15, -0.1) is 0 Å². The third-order valence-electron chi connectivity index (χ3n) is 4.63. The molecule has 0 saturated carbocycles. The first-order valence-corrected chi connectivity index (χ1v) is 9.27. The van der Waals surface area contributed by atoms with Gasteiger partial charge in [-0.3, -0.25) is 4.79 Å². The minimum atomic E-state index is -0.00386. The molecule has 1 N–H and O–H groups in total. The van der Waals surface area contributed by atoms with Gasteiger partial charge in [-0.2, -0.15) is 0 Å². The maximum Gasteiger partial charge on any atom is 0.180 e. The number of fused-ring (bicyclic) bond motifs is 4. The Balaban J connectivity index is 0.000000125. The SMILES string of the molecule is O=c1ccc2nc3ccccc3[nH]c-2c1.c1ccc2nc3ccccc3nc2c1. The van der Waals surface area contributed by atoms with Crippen LogP contribution in [0.15, 0.2) is 95.8 Å². The molecular formula is C24H16N4O. The zero-order valence-electron chi connectivity index (χ0n) is 15.4. The second-order valence-electron chi connectivity index (χ2n) is 6.63. The molecule has 0 bridgehead atoms. The van der Waals surface area contributed by atoms with E-state index in [9.17, 15) is 4.79 Å². The molecule has 2 heterocycles. The van der Waals surface area contributed by atoms with Crippen LogP contribution < -0.4 is 5.43 Å². The number of nitrogens with one attached hydrogen (secondary N) is 1. The predicted octanol–water partition coefficient (Wildman–Crippen LogP) is 4.81. The zero-order valence-corrected chi connectivity index (χ0v) is 15.4. The van der Waals surface area contributed by atoms with E-state index in [0.717, 1.165) is 44.5 Å². The maximum absolute atomic E-state index is 11.2. The Hall–Kier alpha value is -4.12. The molecule has 4 aromatic rings. The van der Waals surface area contributed by atoms with Crippen molar-refractivity contribution in [3.8, 4) is 11.4 Å². The van der Waals surface area contributed by atoms with Crippen LogP contribution in [-0.2, 0) is 0 Å². The van der Waals surface area contributed by atoms with E-state index in [1.807, 2.05) is 72.8 Å². The fourth-order valence-electron chi connectivity index (χ4n) is 3.23. The summed E-state index contributed by atoms with van der Waals surface area (Å²) in [5.74, 6) is 0. The summed E-state index contributed by atoms with van der Waals surface area (Å²) in [6.45, 7) is 0. The summed E-state index contributed by atoms with van der Waals surface area (Å²) in [4.78, 5) is 27.8. The van der Waals surface area contributed by atoms with E-state index in [2.05, 4.69) is 19.9 Å². The zero-order chi connectivity index (χ0) is 19.6. The van der Waals surface area contributed by atoms with Crippen LogP contribution in [0.2, 0.25) is 0 Å². The van der Waals surface area contributed by atoms with Gasteiger partial charge in [0.25, 0.3) is 0 Å². The number of hydrogen-bond acceptors (Lipinski definition) is 4. The van der Waals surface area contributed by atoms with E-state index in [1.165, 1.54) is 6.07 Å². The van der Waals surface area contributed by atoms with Crippen molar-refractivity contribution in [3.63, 3.8) is 0 Å². The molecule has 5 nitrogen and oxygen atoms in total. The van der Waals surface area contributed by atoms with Gasteiger partial charge in [0.2, 0.25) is 0 Å². The lowest BCUT2D eigenvalue weighted by Crippen LogP contribution is -2.01. The topological polar surface area (TPSA) is 71.5 Å². The van der Waals surface area contributed by atoms with E-state index in [-0.39, 0.29) is 5.43 Å². The minimum Gasteiger partial charge on any atom is -0.352 e. The molecule has 0 amide bonds. The molecule has 138 valence electrons. The smallest absolute Gasteiger partial charge is 0.180 e. The number of para-hydroxylation sites is 6. The standard InChI is InChI=1S/C12H8N2O.C12H8N2/c15-8-5-6-11-12(7-8)14-10-4-2-1-3-9(10)13-11;1-2-6-10-9(5-1)13-11-7-3-4-8-12(11)14-10/h1-7,14H;1-8H. The molecule has 5 heteroatoms. The Labute approximate surface area is 166 Å². The van der Waals surface area contributed by atoms with Crippen LogP contribution >= 0.6 is 0 Å². The highest BCUT2D eigenvalue weighted by Crippen LogP contribution is 2.19. The summed E-state index contributed by atoms with van der Waals surface area (Å²) in [7, 11) is 0. The van der Waals surface area contributed by atoms with Crippen molar-refractivity contribution in [2.24, 2.45) is 0 Å². The number of aromatic amines is 1. The lowest BCUT2D eigenvalue weighted by molar-refractivity contribution is 1.27. The molecule has 29 heavy (non-hydrogen) atoms. The average molecular weight is 376 g/mol. The molecule has 0 fully saturated rings. The summed E-state index contributed by atoms with van der Waals surface area (Å²) < 4.78 is 0. The number of hydrogen-bond donors (Lipinski definition) is 1. The van der Waals surface area contributed by atoms with Gasteiger partial charge in [0.05, 0.1) is 44.5 Å². The van der Waals surface area contributed by atoms with E-state index in [0.29, 0.717) is 0 Å². The van der Waals surface area contributed by atoms with Gasteiger partial charge < -0.3 is 4.98 Å². The van der Waals surface area contributed by atoms with Crippen LogP contribution in [0.1, 0.15) is 0 Å².